The van der Waals surface area contributed by atoms with Gasteiger partial charge in [-0.25, -0.2) is 0 Å². The van der Waals surface area contributed by atoms with E-state index in [2.05, 4.69) is 10.6 Å². The molecule has 3 aliphatic heterocycles. The van der Waals surface area contributed by atoms with Crippen LogP contribution in [0.5, 0.6) is 0 Å². The number of benzene rings is 2. The molecule has 0 aromatic heterocycles. The summed E-state index contributed by atoms with van der Waals surface area (Å²) in [5.41, 5.74) is 1.19. The standard InChI is InChI=1S/C42H53N3O13/c1-24(48)32(37(50)43-29(23-47)13-14-31(49)55-40(2,3)4)44-39(52)42-21-30-33-34(57-41(56-33)19-26-10-6-7-11-27(26)20-41)36(42)58-45(35(42)38(51)54-30)22-28-12-8-5-9-25(28)15-17-53-18-16-46/h5-12,15,17,24,29-30,32-36,46-48H,13-14,16,18-23H2,1-4H3,(H,43,50)(H,44,52)/t24-,29-,30+,32+,33-,34-,35-,36+,42-/m0/s1. The summed E-state index contributed by atoms with van der Waals surface area (Å²) >= 11 is 0. The van der Waals surface area contributed by atoms with E-state index in [0.29, 0.717) is 12.8 Å². The zero-order valence-corrected chi connectivity index (χ0v) is 33.1. The number of rotatable bonds is 15. The Morgan fingerprint density at radius 3 is 2.38 bits per heavy atom. The zero-order valence-electron chi connectivity index (χ0n) is 33.1. The van der Waals surface area contributed by atoms with Gasteiger partial charge in [0.2, 0.25) is 11.8 Å². The summed E-state index contributed by atoms with van der Waals surface area (Å²) in [6.07, 6.45) is -1.04. The summed E-state index contributed by atoms with van der Waals surface area (Å²) in [4.78, 5) is 62.1. The molecule has 2 aromatic carbocycles. The number of carbonyl (C=O) groups excluding carboxylic acids is 4. The third kappa shape index (κ3) is 8.24. The first kappa shape index (κ1) is 41.7. The van der Waals surface area contributed by atoms with Crippen molar-refractivity contribution in [2.24, 2.45) is 5.41 Å². The molecule has 1 spiro atoms. The van der Waals surface area contributed by atoms with Crippen LogP contribution in [-0.2, 0) is 67.1 Å². The Kier molecular flexibility index (Phi) is 12.0. The molecule has 5 N–H and O–H groups in total. The van der Waals surface area contributed by atoms with Crippen molar-refractivity contribution in [1.29, 1.82) is 0 Å². The van der Waals surface area contributed by atoms with Crippen molar-refractivity contribution in [3.05, 3.63) is 77.0 Å². The maximum Gasteiger partial charge on any atom is 0.327 e. The van der Waals surface area contributed by atoms with E-state index in [-0.39, 0.29) is 39.0 Å². The smallest absolute Gasteiger partial charge is 0.327 e. The Balaban J connectivity index is 1.18. The molecule has 9 atom stereocenters. The van der Waals surface area contributed by atoms with Gasteiger partial charge in [-0.15, -0.1) is 0 Å². The highest BCUT2D eigenvalue weighted by molar-refractivity contribution is 5.96. The van der Waals surface area contributed by atoms with E-state index in [9.17, 15) is 24.6 Å². The van der Waals surface area contributed by atoms with Crippen LogP contribution in [-0.4, -0.2) is 124 Å². The van der Waals surface area contributed by atoms with Crippen LogP contribution < -0.4 is 10.6 Å². The topological polar surface area (TPSA) is 212 Å². The van der Waals surface area contributed by atoms with Gasteiger partial charge in [-0.2, -0.15) is 5.06 Å². The Morgan fingerprint density at radius 2 is 1.71 bits per heavy atom. The molecule has 1 saturated carbocycles. The molecule has 0 radical (unpaired) electrons. The van der Waals surface area contributed by atoms with Crippen molar-refractivity contribution in [2.45, 2.75) is 126 Å². The number of hydrogen-bond donors (Lipinski definition) is 5. The van der Waals surface area contributed by atoms with E-state index in [1.165, 1.54) is 18.2 Å². The molecule has 2 aromatic rings. The molecule has 7 rings (SSSR count). The minimum absolute atomic E-state index is 0.0240. The van der Waals surface area contributed by atoms with E-state index in [0.717, 1.165) is 22.3 Å². The number of nitrogens with one attached hydrogen (secondary N) is 2. The minimum atomic E-state index is -1.67. The van der Waals surface area contributed by atoms with Crippen molar-refractivity contribution in [1.82, 2.24) is 15.7 Å². The van der Waals surface area contributed by atoms with E-state index in [1.54, 1.807) is 26.8 Å². The zero-order chi connectivity index (χ0) is 41.4. The third-order valence-corrected chi connectivity index (χ3v) is 11.4. The number of hydrogen-bond acceptors (Lipinski definition) is 14. The first-order valence-corrected chi connectivity index (χ1v) is 19.8. The Morgan fingerprint density at radius 1 is 1.02 bits per heavy atom. The highest BCUT2D eigenvalue weighted by Gasteiger charge is 2.76. The maximum atomic E-state index is 15.0. The van der Waals surface area contributed by atoms with Crippen molar-refractivity contribution in [2.75, 3.05) is 19.8 Å². The van der Waals surface area contributed by atoms with Gasteiger partial charge < -0.3 is 49.6 Å². The number of ether oxygens (including phenoxy) is 5. The second-order valence-corrected chi connectivity index (χ2v) is 16.7. The fourth-order valence-corrected chi connectivity index (χ4v) is 8.88. The fraction of sp³-hybridized carbons (Fsp3) is 0.571. The van der Waals surface area contributed by atoms with Crippen LogP contribution in [0.25, 0.3) is 6.08 Å². The van der Waals surface area contributed by atoms with Crippen molar-refractivity contribution in [3.8, 4) is 0 Å². The lowest BCUT2D eigenvalue weighted by Gasteiger charge is -2.49. The van der Waals surface area contributed by atoms with Gasteiger partial charge in [0.05, 0.1) is 38.2 Å². The van der Waals surface area contributed by atoms with Crippen molar-refractivity contribution < 1.29 is 63.0 Å². The van der Waals surface area contributed by atoms with Crippen LogP contribution in [0.4, 0.5) is 0 Å². The maximum absolute atomic E-state index is 15.0. The van der Waals surface area contributed by atoms with E-state index < -0.39 is 95.8 Å². The van der Waals surface area contributed by atoms with E-state index in [1.807, 2.05) is 48.5 Å². The fourth-order valence-electron chi connectivity index (χ4n) is 8.88. The summed E-state index contributed by atoms with van der Waals surface area (Å²) in [5.74, 6) is -3.84. The number of aliphatic hydroxyl groups is 3. The van der Waals surface area contributed by atoms with Gasteiger partial charge >= 0.3 is 11.9 Å². The normalized spacial score (nSPS) is 28.3. The molecular weight excluding hydrogens is 754 g/mol. The lowest BCUT2D eigenvalue weighted by molar-refractivity contribution is -0.217. The summed E-state index contributed by atoms with van der Waals surface area (Å²) in [6, 6.07) is 11.5. The van der Waals surface area contributed by atoms with Gasteiger partial charge in [0.25, 0.3) is 0 Å². The molecule has 16 heteroatoms. The van der Waals surface area contributed by atoms with Crippen LogP contribution >= 0.6 is 0 Å². The molecule has 16 nitrogen and oxygen atoms in total. The average molecular weight is 808 g/mol. The first-order chi connectivity index (χ1) is 27.7. The predicted octanol–water partition coefficient (Wildman–Crippen LogP) is 1.21. The van der Waals surface area contributed by atoms with Crippen LogP contribution in [0.15, 0.2) is 54.8 Å². The molecular formula is C42H53N3O13. The SMILES string of the molecule is C[C@H](O)[C@@H](NC(=O)[C@@]12C[C@H]3OC(=O)[C@@H]1N(Cc1ccccc1C=COCCO)O[C@@H]2[C@H]1OC2(Cc4ccccc4C2)O[C@H]13)C(=O)N[C@H](CO)CCC(=O)OC(C)(C)C. The van der Waals surface area contributed by atoms with Gasteiger partial charge in [0.15, 0.2) is 11.8 Å². The van der Waals surface area contributed by atoms with Gasteiger partial charge in [-0.05, 0) is 62.4 Å². The number of amides is 2. The van der Waals surface area contributed by atoms with E-state index in [4.69, 9.17) is 33.6 Å². The first-order valence-electron chi connectivity index (χ1n) is 19.8. The molecule has 2 bridgehead atoms. The molecule has 314 valence electrons. The van der Waals surface area contributed by atoms with Gasteiger partial charge in [0, 0.05) is 25.7 Å². The Hall–Kier alpha value is -4.42. The second-order valence-electron chi connectivity index (χ2n) is 16.7. The molecule has 0 unspecified atom stereocenters. The summed E-state index contributed by atoms with van der Waals surface area (Å²) in [6.45, 7) is 6.00. The molecule has 3 saturated heterocycles. The highest BCUT2D eigenvalue weighted by Crippen LogP contribution is 2.58. The summed E-state index contributed by atoms with van der Waals surface area (Å²) < 4.78 is 30.3. The molecule has 2 aliphatic carbocycles. The minimum Gasteiger partial charge on any atom is -0.499 e. The molecule has 3 heterocycles. The summed E-state index contributed by atoms with van der Waals surface area (Å²) in [5, 5.41) is 37.0. The van der Waals surface area contributed by atoms with Crippen LogP contribution in [0.2, 0.25) is 0 Å². The summed E-state index contributed by atoms with van der Waals surface area (Å²) in [7, 11) is 0. The number of carbonyl (C=O) groups is 4. The Labute approximate surface area is 336 Å². The second kappa shape index (κ2) is 16.7. The Bertz CT molecular complexity index is 1870. The molecule has 4 fully saturated rings. The quantitative estimate of drug-likeness (QED) is 0.0974. The van der Waals surface area contributed by atoms with Crippen molar-refractivity contribution >= 4 is 29.8 Å². The molecule has 2 amide bonds. The molecule has 58 heavy (non-hydrogen) atoms. The average Bonchev–Trinajstić information content (AvgIpc) is 3.85. The lowest BCUT2D eigenvalue weighted by atomic mass is 9.62. The van der Waals surface area contributed by atoms with Gasteiger partial charge in [0.1, 0.15) is 48.1 Å². The molecule has 5 aliphatic rings. The number of hydroxylamine groups is 2. The van der Waals surface area contributed by atoms with Crippen LogP contribution in [0, 0.1) is 5.41 Å². The van der Waals surface area contributed by atoms with Gasteiger partial charge in [-0.1, -0.05) is 48.5 Å². The largest absolute Gasteiger partial charge is 0.499 e. The van der Waals surface area contributed by atoms with Crippen LogP contribution in [0.3, 0.4) is 0 Å². The lowest BCUT2D eigenvalue weighted by Crippen LogP contribution is -2.71. The third-order valence-electron chi connectivity index (χ3n) is 11.4. The predicted molar refractivity (Wildman–Crippen MR) is 204 cm³/mol. The number of nitrogens with zero attached hydrogens (tertiary/aromatic N) is 1. The number of fused-ring (bicyclic) bond motifs is 5. The number of esters is 2. The number of aliphatic hydroxyl groups excluding tert-OH is 3. The van der Waals surface area contributed by atoms with Crippen LogP contribution in [0.1, 0.15) is 69.2 Å². The highest BCUT2D eigenvalue weighted by atomic mass is 16.8. The monoisotopic (exact) mass is 807 g/mol. The van der Waals surface area contributed by atoms with E-state index >= 15 is 4.79 Å². The van der Waals surface area contributed by atoms with Crippen molar-refractivity contribution in [3.63, 3.8) is 0 Å². The van der Waals surface area contributed by atoms with Gasteiger partial charge in [-0.3, -0.25) is 24.0 Å².